The summed E-state index contributed by atoms with van der Waals surface area (Å²) >= 11 is 0. The number of ether oxygens (including phenoxy) is 3. The SMILES string of the molecule is COc1cc(-c2cc(CO)ccn2)cc(OC)c1OC. The van der Waals surface area contributed by atoms with Gasteiger partial charge in [-0.25, -0.2) is 0 Å². The lowest BCUT2D eigenvalue weighted by Crippen LogP contribution is -1.96. The normalized spacial score (nSPS) is 10.2. The fourth-order valence-corrected chi connectivity index (χ4v) is 1.96. The molecule has 0 radical (unpaired) electrons. The predicted octanol–water partition coefficient (Wildman–Crippen LogP) is 2.27. The second-order valence-corrected chi connectivity index (χ2v) is 4.12. The first kappa shape index (κ1) is 14.1. The number of pyridine rings is 1. The fraction of sp³-hybridized carbons (Fsp3) is 0.267. The zero-order valence-electron chi connectivity index (χ0n) is 11.7. The van der Waals surface area contributed by atoms with E-state index in [4.69, 9.17) is 14.2 Å². The number of nitrogens with zero attached hydrogens (tertiary/aromatic N) is 1. The second kappa shape index (κ2) is 6.25. The van der Waals surface area contributed by atoms with E-state index in [0.717, 1.165) is 16.8 Å². The summed E-state index contributed by atoms with van der Waals surface area (Å²) < 4.78 is 15.9. The minimum Gasteiger partial charge on any atom is -0.493 e. The van der Waals surface area contributed by atoms with Crippen LogP contribution in [0.2, 0.25) is 0 Å². The van der Waals surface area contributed by atoms with Crippen LogP contribution in [0, 0.1) is 0 Å². The van der Waals surface area contributed by atoms with Gasteiger partial charge in [0.1, 0.15) is 0 Å². The maximum absolute atomic E-state index is 9.20. The molecule has 0 bridgehead atoms. The van der Waals surface area contributed by atoms with Gasteiger partial charge in [0.05, 0.1) is 33.6 Å². The van der Waals surface area contributed by atoms with E-state index in [1.54, 1.807) is 33.6 Å². The molecular weight excluding hydrogens is 258 g/mol. The van der Waals surface area contributed by atoms with E-state index in [-0.39, 0.29) is 6.61 Å². The van der Waals surface area contributed by atoms with Crippen LogP contribution in [-0.2, 0) is 6.61 Å². The van der Waals surface area contributed by atoms with E-state index in [2.05, 4.69) is 4.98 Å². The Balaban J connectivity index is 2.56. The lowest BCUT2D eigenvalue weighted by molar-refractivity contribution is 0.282. The average Bonchev–Trinajstić information content (AvgIpc) is 2.53. The number of aromatic nitrogens is 1. The number of benzene rings is 1. The van der Waals surface area contributed by atoms with Crippen LogP contribution in [0.4, 0.5) is 0 Å². The molecule has 5 heteroatoms. The molecule has 1 aromatic carbocycles. The molecule has 0 aliphatic rings. The maximum Gasteiger partial charge on any atom is 0.203 e. The number of aliphatic hydroxyl groups is 1. The van der Waals surface area contributed by atoms with Crippen LogP contribution < -0.4 is 14.2 Å². The molecule has 0 unspecified atom stereocenters. The summed E-state index contributed by atoms with van der Waals surface area (Å²) in [5, 5.41) is 9.20. The van der Waals surface area contributed by atoms with Crippen molar-refractivity contribution in [1.29, 1.82) is 0 Å². The van der Waals surface area contributed by atoms with Gasteiger partial charge in [0.2, 0.25) is 5.75 Å². The van der Waals surface area contributed by atoms with E-state index in [9.17, 15) is 5.11 Å². The van der Waals surface area contributed by atoms with Gasteiger partial charge in [-0.15, -0.1) is 0 Å². The highest BCUT2D eigenvalue weighted by molar-refractivity contribution is 5.68. The molecule has 0 saturated heterocycles. The Labute approximate surface area is 117 Å². The van der Waals surface area contributed by atoms with Gasteiger partial charge in [0.25, 0.3) is 0 Å². The van der Waals surface area contributed by atoms with Crippen LogP contribution in [0.5, 0.6) is 17.2 Å². The van der Waals surface area contributed by atoms with E-state index in [0.29, 0.717) is 17.2 Å². The monoisotopic (exact) mass is 275 g/mol. The second-order valence-electron chi connectivity index (χ2n) is 4.12. The van der Waals surface area contributed by atoms with Gasteiger partial charge in [-0.1, -0.05) is 0 Å². The number of methoxy groups -OCH3 is 3. The summed E-state index contributed by atoms with van der Waals surface area (Å²) in [5.74, 6) is 1.67. The zero-order valence-corrected chi connectivity index (χ0v) is 11.7. The van der Waals surface area contributed by atoms with Crippen molar-refractivity contribution in [2.45, 2.75) is 6.61 Å². The molecule has 0 spiro atoms. The molecule has 106 valence electrons. The number of hydrogen-bond donors (Lipinski definition) is 1. The van der Waals surface area contributed by atoms with Crippen molar-refractivity contribution in [3.05, 3.63) is 36.0 Å². The molecule has 0 aliphatic heterocycles. The summed E-state index contributed by atoms with van der Waals surface area (Å²) in [7, 11) is 4.70. The fourth-order valence-electron chi connectivity index (χ4n) is 1.96. The molecule has 2 aromatic rings. The zero-order chi connectivity index (χ0) is 14.5. The van der Waals surface area contributed by atoms with Crippen molar-refractivity contribution in [1.82, 2.24) is 4.98 Å². The predicted molar refractivity (Wildman–Crippen MR) is 75.3 cm³/mol. The average molecular weight is 275 g/mol. The van der Waals surface area contributed by atoms with E-state index >= 15 is 0 Å². The Morgan fingerprint density at radius 1 is 1.00 bits per heavy atom. The highest BCUT2D eigenvalue weighted by Gasteiger charge is 2.14. The summed E-state index contributed by atoms with van der Waals surface area (Å²) in [6, 6.07) is 7.23. The third-order valence-electron chi connectivity index (χ3n) is 2.97. The van der Waals surface area contributed by atoms with Crippen molar-refractivity contribution < 1.29 is 19.3 Å². The van der Waals surface area contributed by atoms with Crippen LogP contribution in [0.25, 0.3) is 11.3 Å². The largest absolute Gasteiger partial charge is 0.493 e. The van der Waals surface area contributed by atoms with Crippen LogP contribution in [-0.4, -0.2) is 31.4 Å². The molecule has 0 amide bonds. The van der Waals surface area contributed by atoms with Gasteiger partial charge in [-0.3, -0.25) is 4.98 Å². The molecule has 0 fully saturated rings. The van der Waals surface area contributed by atoms with Gasteiger partial charge in [0.15, 0.2) is 11.5 Å². The summed E-state index contributed by atoms with van der Waals surface area (Å²) in [5.41, 5.74) is 2.36. The smallest absolute Gasteiger partial charge is 0.203 e. The Morgan fingerprint density at radius 2 is 1.65 bits per heavy atom. The molecule has 5 nitrogen and oxygen atoms in total. The standard InChI is InChI=1S/C15H17NO4/c1-18-13-7-11(8-14(19-2)15(13)20-3)12-6-10(9-17)4-5-16-12/h4-8,17H,9H2,1-3H3. The van der Waals surface area contributed by atoms with Crippen LogP contribution in [0.3, 0.4) is 0 Å². The molecule has 0 saturated carbocycles. The van der Waals surface area contributed by atoms with E-state index in [1.165, 1.54) is 0 Å². The van der Waals surface area contributed by atoms with E-state index < -0.39 is 0 Å². The molecule has 20 heavy (non-hydrogen) atoms. The summed E-state index contributed by atoms with van der Waals surface area (Å²) in [6.45, 7) is -0.0278. The molecule has 0 atom stereocenters. The Morgan fingerprint density at radius 3 is 2.15 bits per heavy atom. The number of rotatable bonds is 5. The van der Waals surface area contributed by atoms with Gasteiger partial charge >= 0.3 is 0 Å². The third-order valence-corrected chi connectivity index (χ3v) is 2.97. The van der Waals surface area contributed by atoms with Crippen molar-refractivity contribution >= 4 is 0 Å². The van der Waals surface area contributed by atoms with Gasteiger partial charge in [-0.05, 0) is 29.8 Å². The number of aliphatic hydroxyl groups excluding tert-OH is 1. The quantitative estimate of drug-likeness (QED) is 0.907. The Hall–Kier alpha value is -2.27. The Bertz CT molecular complexity index is 573. The van der Waals surface area contributed by atoms with Crippen molar-refractivity contribution in [3.63, 3.8) is 0 Å². The minimum absolute atomic E-state index is 0.0278. The lowest BCUT2D eigenvalue weighted by Gasteiger charge is -2.14. The first-order chi connectivity index (χ1) is 9.73. The third kappa shape index (κ3) is 2.67. The van der Waals surface area contributed by atoms with Crippen LogP contribution >= 0.6 is 0 Å². The molecule has 2 rings (SSSR count). The molecule has 1 N–H and O–H groups in total. The summed E-state index contributed by atoms with van der Waals surface area (Å²) in [4.78, 5) is 4.30. The van der Waals surface area contributed by atoms with Crippen LogP contribution in [0.1, 0.15) is 5.56 Å². The van der Waals surface area contributed by atoms with E-state index in [1.807, 2.05) is 18.2 Å². The highest BCUT2D eigenvalue weighted by Crippen LogP contribution is 2.40. The maximum atomic E-state index is 9.20. The van der Waals surface area contributed by atoms with Crippen molar-refractivity contribution in [3.8, 4) is 28.5 Å². The minimum atomic E-state index is -0.0278. The van der Waals surface area contributed by atoms with Gasteiger partial charge in [-0.2, -0.15) is 0 Å². The highest BCUT2D eigenvalue weighted by atomic mass is 16.5. The molecular formula is C15H17NO4. The van der Waals surface area contributed by atoms with Gasteiger partial charge < -0.3 is 19.3 Å². The topological polar surface area (TPSA) is 60.8 Å². The first-order valence-electron chi connectivity index (χ1n) is 6.09. The van der Waals surface area contributed by atoms with Crippen LogP contribution in [0.15, 0.2) is 30.5 Å². The van der Waals surface area contributed by atoms with Crippen molar-refractivity contribution in [2.75, 3.05) is 21.3 Å². The lowest BCUT2D eigenvalue weighted by atomic mass is 10.1. The summed E-state index contributed by atoms with van der Waals surface area (Å²) in [6.07, 6.45) is 1.66. The molecule has 1 heterocycles. The Kier molecular flexibility index (Phi) is 4.42. The van der Waals surface area contributed by atoms with Gasteiger partial charge in [0, 0.05) is 11.8 Å². The van der Waals surface area contributed by atoms with Crippen molar-refractivity contribution in [2.24, 2.45) is 0 Å². The first-order valence-corrected chi connectivity index (χ1v) is 6.09. The molecule has 0 aliphatic carbocycles. The number of hydrogen-bond acceptors (Lipinski definition) is 5. The molecule has 1 aromatic heterocycles.